The number of aromatic carboxylic acids is 1. The Bertz CT molecular complexity index is 1180. The van der Waals surface area contributed by atoms with Gasteiger partial charge in [-0.15, -0.1) is 0 Å². The van der Waals surface area contributed by atoms with Gasteiger partial charge in [0.2, 0.25) is 5.60 Å². The summed E-state index contributed by atoms with van der Waals surface area (Å²) < 4.78 is 5.34. The number of methoxy groups -OCH3 is 1. The monoisotopic (exact) mass is 419 g/mol. The van der Waals surface area contributed by atoms with E-state index in [1.54, 1.807) is 6.08 Å². The van der Waals surface area contributed by atoms with Crippen LogP contribution in [-0.4, -0.2) is 57.6 Å². The molecule has 1 heterocycles. The van der Waals surface area contributed by atoms with E-state index in [0.717, 1.165) is 16.5 Å². The lowest BCUT2D eigenvalue weighted by atomic mass is 9.84. The number of hydrogen-bond acceptors (Lipinski definition) is 5. The van der Waals surface area contributed by atoms with Crippen molar-refractivity contribution in [3.05, 3.63) is 89.0 Å². The molecule has 31 heavy (non-hydrogen) atoms. The standard InChI is InChI=1S/C23H17NO7/c1-31-23(22(29)30)10-9-14(13-5-3-2-4-6-13)12-18(23)24-19(25)16-8-7-15(21(27)28)11-17(16)20(24)26/h2-12,18H,1H3,(H,27,28)(H,29,30). The van der Waals surface area contributed by atoms with Crippen molar-refractivity contribution in [3.8, 4) is 0 Å². The van der Waals surface area contributed by atoms with E-state index in [-0.39, 0.29) is 16.7 Å². The first-order chi connectivity index (χ1) is 14.8. The number of fused-ring (bicyclic) bond motifs is 1. The molecule has 2 aromatic rings. The molecule has 0 bridgehead atoms. The summed E-state index contributed by atoms with van der Waals surface area (Å²) in [5.41, 5.74) is -0.853. The second-order valence-corrected chi connectivity index (χ2v) is 7.11. The molecule has 0 saturated carbocycles. The van der Waals surface area contributed by atoms with Crippen molar-refractivity contribution in [2.24, 2.45) is 0 Å². The third-order valence-corrected chi connectivity index (χ3v) is 5.51. The number of rotatable bonds is 5. The van der Waals surface area contributed by atoms with Gasteiger partial charge in [-0.05, 0) is 41.5 Å². The molecule has 2 aliphatic rings. The van der Waals surface area contributed by atoms with Crippen molar-refractivity contribution in [2.75, 3.05) is 7.11 Å². The maximum atomic E-state index is 13.2. The molecule has 8 nitrogen and oxygen atoms in total. The molecule has 1 aliphatic heterocycles. The summed E-state index contributed by atoms with van der Waals surface area (Å²) in [6, 6.07) is 11.4. The molecule has 156 valence electrons. The van der Waals surface area contributed by atoms with Gasteiger partial charge in [-0.25, -0.2) is 9.59 Å². The highest BCUT2D eigenvalue weighted by Gasteiger charge is 2.53. The van der Waals surface area contributed by atoms with Crippen molar-refractivity contribution in [1.82, 2.24) is 4.90 Å². The molecule has 2 atom stereocenters. The highest BCUT2D eigenvalue weighted by molar-refractivity contribution is 6.22. The van der Waals surface area contributed by atoms with Gasteiger partial charge in [0.15, 0.2) is 0 Å². The molecule has 2 aromatic carbocycles. The van der Waals surface area contributed by atoms with E-state index in [2.05, 4.69) is 0 Å². The number of benzene rings is 2. The first-order valence-electron chi connectivity index (χ1n) is 9.30. The largest absolute Gasteiger partial charge is 0.479 e. The van der Waals surface area contributed by atoms with Crippen molar-refractivity contribution >= 4 is 29.3 Å². The summed E-state index contributed by atoms with van der Waals surface area (Å²) in [4.78, 5) is 50.6. The second-order valence-electron chi connectivity index (χ2n) is 7.11. The summed E-state index contributed by atoms with van der Waals surface area (Å²) in [5, 5.41) is 19.2. The molecule has 2 unspecified atom stereocenters. The number of allylic oxidation sites excluding steroid dienone is 2. The minimum Gasteiger partial charge on any atom is -0.479 e. The quantitative estimate of drug-likeness (QED) is 0.714. The Hall–Kier alpha value is -4.04. The van der Waals surface area contributed by atoms with Crippen molar-refractivity contribution in [1.29, 1.82) is 0 Å². The van der Waals surface area contributed by atoms with Gasteiger partial charge < -0.3 is 14.9 Å². The molecule has 0 fully saturated rings. The Balaban J connectivity index is 1.85. The SMILES string of the molecule is COC1(C(=O)O)C=CC(c2ccccc2)=CC1N1C(=O)c2ccc(C(=O)O)cc2C1=O. The van der Waals surface area contributed by atoms with Crippen LogP contribution in [0.3, 0.4) is 0 Å². The fourth-order valence-corrected chi connectivity index (χ4v) is 3.87. The number of nitrogens with zero attached hydrogens (tertiary/aromatic N) is 1. The molecule has 2 N–H and O–H groups in total. The lowest BCUT2D eigenvalue weighted by molar-refractivity contribution is -0.159. The van der Waals surface area contributed by atoms with Crippen LogP contribution in [0.25, 0.3) is 5.57 Å². The van der Waals surface area contributed by atoms with Crippen LogP contribution in [0.15, 0.2) is 66.8 Å². The predicted octanol–water partition coefficient (Wildman–Crippen LogP) is 2.47. The molecule has 0 spiro atoms. The fraction of sp³-hybridized carbons (Fsp3) is 0.130. The van der Waals surface area contributed by atoms with Crippen LogP contribution < -0.4 is 0 Å². The molecule has 2 amide bonds. The molecular formula is C23H17NO7. The van der Waals surface area contributed by atoms with E-state index in [0.29, 0.717) is 5.57 Å². The number of amides is 2. The fourth-order valence-electron chi connectivity index (χ4n) is 3.87. The Morgan fingerprint density at radius 1 is 1.00 bits per heavy atom. The van der Waals surface area contributed by atoms with Crippen LogP contribution in [0.5, 0.6) is 0 Å². The topological polar surface area (TPSA) is 121 Å². The minimum absolute atomic E-state index is 0.00889. The number of ether oxygens (including phenoxy) is 1. The van der Waals surface area contributed by atoms with Gasteiger partial charge in [-0.3, -0.25) is 14.5 Å². The molecule has 1 aliphatic carbocycles. The average Bonchev–Trinajstić information content (AvgIpc) is 3.03. The third-order valence-electron chi connectivity index (χ3n) is 5.51. The Morgan fingerprint density at radius 2 is 1.68 bits per heavy atom. The average molecular weight is 419 g/mol. The van der Waals surface area contributed by atoms with Crippen molar-refractivity contribution in [2.45, 2.75) is 11.6 Å². The van der Waals surface area contributed by atoms with Gasteiger partial charge in [-0.2, -0.15) is 0 Å². The van der Waals surface area contributed by atoms with Crippen LogP contribution in [0.2, 0.25) is 0 Å². The predicted molar refractivity (Wildman–Crippen MR) is 109 cm³/mol. The van der Waals surface area contributed by atoms with Gasteiger partial charge in [0, 0.05) is 7.11 Å². The van der Waals surface area contributed by atoms with Gasteiger partial charge in [-0.1, -0.05) is 36.4 Å². The number of carboxylic acid groups (broad SMARTS) is 2. The number of carbonyl (C=O) groups is 4. The number of hydrogen-bond donors (Lipinski definition) is 2. The van der Waals surface area contributed by atoms with Gasteiger partial charge in [0.25, 0.3) is 11.8 Å². The highest BCUT2D eigenvalue weighted by atomic mass is 16.5. The number of carbonyl (C=O) groups excluding carboxylic acids is 2. The van der Waals surface area contributed by atoms with Crippen molar-refractivity contribution in [3.63, 3.8) is 0 Å². The third kappa shape index (κ3) is 3.04. The van der Waals surface area contributed by atoms with Gasteiger partial charge in [0.1, 0.15) is 6.04 Å². The molecule has 8 heteroatoms. The smallest absolute Gasteiger partial charge is 0.342 e. The Kier molecular flexibility index (Phi) is 4.79. The van der Waals surface area contributed by atoms with Crippen LogP contribution in [0, 0.1) is 0 Å². The number of aliphatic carboxylic acids is 1. The number of carboxylic acids is 2. The van der Waals surface area contributed by atoms with E-state index < -0.39 is 35.4 Å². The summed E-state index contributed by atoms with van der Waals surface area (Å²) >= 11 is 0. The summed E-state index contributed by atoms with van der Waals surface area (Å²) in [5.74, 6) is -4.12. The zero-order valence-electron chi connectivity index (χ0n) is 16.3. The molecule has 4 rings (SSSR count). The van der Waals surface area contributed by atoms with Crippen LogP contribution >= 0.6 is 0 Å². The van der Waals surface area contributed by atoms with E-state index >= 15 is 0 Å². The van der Waals surface area contributed by atoms with Crippen LogP contribution in [0.1, 0.15) is 36.6 Å². The van der Waals surface area contributed by atoms with Crippen LogP contribution in [0.4, 0.5) is 0 Å². The highest BCUT2D eigenvalue weighted by Crippen LogP contribution is 2.37. The lowest BCUT2D eigenvalue weighted by Gasteiger charge is -2.38. The van der Waals surface area contributed by atoms with E-state index in [9.17, 15) is 29.4 Å². The van der Waals surface area contributed by atoms with E-state index in [1.807, 2.05) is 30.3 Å². The Labute approximate surface area is 176 Å². The maximum absolute atomic E-state index is 13.2. The summed E-state index contributed by atoms with van der Waals surface area (Å²) in [6.45, 7) is 0. The zero-order chi connectivity index (χ0) is 22.3. The number of imide groups is 1. The normalized spacial score (nSPS) is 22.3. The Morgan fingerprint density at radius 3 is 2.29 bits per heavy atom. The van der Waals surface area contributed by atoms with Crippen LogP contribution in [-0.2, 0) is 9.53 Å². The van der Waals surface area contributed by atoms with Crippen molar-refractivity contribution < 1.29 is 34.1 Å². The maximum Gasteiger partial charge on any atom is 0.342 e. The van der Waals surface area contributed by atoms with Gasteiger partial charge in [0.05, 0.1) is 16.7 Å². The second kappa shape index (κ2) is 7.33. The zero-order valence-corrected chi connectivity index (χ0v) is 16.3. The molecule has 0 aromatic heterocycles. The molecular weight excluding hydrogens is 402 g/mol. The first kappa shape index (κ1) is 20.2. The summed E-state index contributed by atoms with van der Waals surface area (Å²) in [6.07, 6.45) is 4.39. The lowest BCUT2D eigenvalue weighted by Crippen LogP contribution is -2.59. The van der Waals surface area contributed by atoms with Gasteiger partial charge >= 0.3 is 11.9 Å². The first-order valence-corrected chi connectivity index (χ1v) is 9.30. The van der Waals surface area contributed by atoms with E-state index in [1.165, 1.54) is 31.4 Å². The molecule has 0 radical (unpaired) electrons. The van der Waals surface area contributed by atoms with E-state index in [4.69, 9.17) is 4.74 Å². The summed E-state index contributed by atoms with van der Waals surface area (Å²) in [7, 11) is 1.19. The minimum atomic E-state index is -2.00. The molecule has 0 saturated heterocycles.